The summed E-state index contributed by atoms with van der Waals surface area (Å²) in [7, 11) is 3.04. The molecule has 0 fully saturated rings. The third-order valence-corrected chi connectivity index (χ3v) is 3.54. The Kier molecular flexibility index (Phi) is 8.29. The van der Waals surface area contributed by atoms with Gasteiger partial charge in [0.05, 0.1) is 7.11 Å². The van der Waals surface area contributed by atoms with E-state index in [1.165, 1.54) is 12.0 Å². The van der Waals surface area contributed by atoms with Crippen LogP contribution < -0.4 is 4.74 Å². The Morgan fingerprint density at radius 3 is 1.89 bits per heavy atom. The SMILES string of the molecule is COCN(C(=O)OC(C)(C)C)[C@@H](Cc1ccc(OC)cc1)C(=O)OC(C)(C)C. The zero-order valence-corrected chi connectivity index (χ0v) is 18.2. The minimum atomic E-state index is -0.901. The Morgan fingerprint density at radius 2 is 1.46 bits per heavy atom. The first kappa shape index (κ1) is 23.8. The molecule has 1 rings (SSSR count). The first-order chi connectivity index (χ1) is 12.9. The fourth-order valence-corrected chi connectivity index (χ4v) is 2.41. The van der Waals surface area contributed by atoms with Crippen LogP contribution in [0.25, 0.3) is 0 Å². The summed E-state index contributed by atoms with van der Waals surface area (Å²) in [6, 6.07) is 6.39. The summed E-state index contributed by atoms with van der Waals surface area (Å²) in [5, 5.41) is 0. The van der Waals surface area contributed by atoms with Crippen molar-refractivity contribution in [2.75, 3.05) is 21.0 Å². The molecule has 1 atom stereocenters. The van der Waals surface area contributed by atoms with E-state index in [-0.39, 0.29) is 13.2 Å². The quantitative estimate of drug-likeness (QED) is 0.517. The predicted molar refractivity (Wildman–Crippen MR) is 106 cm³/mol. The molecule has 0 bridgehead atoms. The molecule has 0 saturated carbocycles. The fraction of sp³-hybridized carbons (Fsp3) is 0.619. The number of rotatable bonds is 7. The van der Waals surface area contributed by atoms with Crippen LogP contribution in [-0.4, -0.2) is 55.2 Å². The molecule has 0 saturated heterocycles. The molecule has 0 aliphatic rings. The zero-order valence-electron chi connectivity index (χ0n) is 18.2. The number of esters is 1. The monoisotopic (exact) mass is 395 g/mol. The maximum atomic E-state index is 12.9. The van der Waals surface area contributed by atoms with Gasteiger partial charge < -0.3 is 18.9 Å². The second-order valence-electron chi connectivity index (χ2n) is 8.47. The van der Waals surface area contributed by atoms with Crippen LogP contribution in [0, 0.1) is 0 Å². The van der Waals surface area contributed by atoms with Gasteiger partial charge in [0.2, 0.25) is 0 Å². The summed E-state index contributed by atoms with van der Waals surface area (Å²) in [5.74, 6) is 0.185. The van der Waals surface area contributed by atoms with Crippen LogP contribution in [0.15, 0.2) is 24.3 Å². The molecule has 0 spiro atoms. The van der Waals surface area contributed by atoms with Gasteiger partial charge in [-0.2, -0.15) is 0 Å². The smallest absolute Gasteiger partial charge is 0.412 e. The van der Waals surface area contributed by atoms with Gasteiger partial charge in [0.15, 0.2) is 0 Å². The summed E-state index contributed by atoms with van der Waals surface area (Å²) in [6.45, 7) is 10.5. The Morgan fingerprint density at radius 1 is 0.929 bits per heavy atom. The van der Waals surface area contributed by atoms with E-state index in [1.54, 1.807) is 60.8 Å². The van der Waals surface area contributed by atoms with Gasteiger partial charge in [0.1, 0.15) is 29.7 Å². The molecule has 158 valence electrons. The molecule has 7 heteroatoms. The molecule has 0 aliphatic carbocycles. The second kappa shape index (κ2) is 9.78. The van der Waals surface area contributed by atoms with E-state index in [4.69, 9.17) is 18.9 Å². The van der Waals surface area contributed by atoms with Gasteiger partial charge in [-0.25, -0.2) is 9.59 Å². The maximum absolute atomic E-state index is 12.9. The molecule has 0 unspecified atom stereocenters. The lowest BCUT2D eigenvalue weighted by molar-refractivity contribution is -0.163. The summed E-state index contributed by atoms with van der Waals surface area (Å²) >= 11 is 0. The van der Waals surface area contributed by atoms with E-state index in [2.05, 4.69) is 0 Å². The first-order valence-electron chi connectivity index (χ1n) is 9.20. The van der Waals surface area contributed by atoms with Crippen molar-refractivity contribution >= 4 is 12.1 Å². The highest BCUT2D eigenvalue weighted by molar-refractivity contribution is 5.82. The highest BCUT2D eigenvalue weighted by Crippen LogP contribution is 2.20. The summed E-state index contributed by atoms with van der Waals surface area (Å²) in [5.41, 5.74) is -0.551. The first-order valence-corrected chi connectivity index (χ1v) is 9.20. The highest BCUT2D eigenvalue weighted by atomic mass is 16.6. The van der Waals surface area contributed by atoms with E-state index in [9.17, 15) is 9.59 Å². The van der Waals surface area contributed by atoms with E-state index in [0.29, 0.717) is 5.75 Å². The minimum Gasteiger partial charge on any atom is -0.497 e. The third-order valence-electron chi connectivity index (χ3n) is 3.54. The molecule has 1 aromatic carbocycles. The highest BCUT2D eigenvalue weighted by Gasteiger charge is 2.36. The van der Waals surface area contributed by atoms with Gasteiger partial charge in [-0.3, -0.25) is 4.90 Å². The van der Waals surface area contributed by atoms with Gasteiger partial charge in [0.25, 0.3) is 0 Å². The van der Waals surface area contributed by atoms with Crippen LogP contribution in [0.5, 0.6) is 5.75 Å². The number of benzene rings is 1. The average Bonchev–Trinajstić information content (AvgIpc) is 2.55. The van der Waals surface area contributed by atoms with Gasteiger partial charge in [0, 0.05) is 13.5 Å². The normalized spacial score (nSPS) is 12.9. The lowest BCUT2D eigenvalue weighted by Crippen LogP contribution is -2.50. The number of nitrogens with zero attached hydrogens (tertiary/aromatic N) is 1. The third kappa shape index (κ3) is 8.17. The van der Waals surface area contributed by atoms with Crippen LogP contribution in [0.2, 0.25) is 0 Å². The molecule has 1 amide bonds. The largest absolute Gasteiger partial charge is 0.497 e. The molecular formula is C21H33NO6. The molecule has 0 aliphatic heterocycles. The van der Waals surface area contributed by atoms with Crippen molar-refractivity contribution in [2.45, 2.75) is 65.2 Å². The van der Waals surface area contributed by atoms with E-state index in [1.807, 2.05) is 12.1 Å². The van der Waals surface area contributed by atoms with E-state index >= 15 is 0 Å². The molecule has 7 nitrogen and oxygen atoms in total. The van der Waals surface area contributed by atoms with Crippen molar-refractivity contribution in [1.29, 1.82) is 0 Å². The van der Waals surface area contributed by atoms with Crippen LogP contribution in [0.4, 0.5) is 4.79 Å². The maximum Gasteiger partial charge on any atom is 0.412 e. The number of amides is 1. The molecule has 0 aromatic heterocycles. The minimum absolute atomic E-state index is 0.102. The van der Waals surface area contributed by atoms with Crippen molar-refractivity contribution in [2.24, 2.45) is 0 Å². The lowest BCUT2D eigenvalue weighted by Gasteiger charge is -2.33. The second-order valence-corrected chi connectivity index (χ2v) is 8.47. The van der Waals surface area contributed by atoms with Crippen LogP contribution in [0.1, 0.15) is 47.1 Å². The van der Waals surface area contributed by atoms with Crippen molar-refractivity contribution in [1.82, 2.24) is 4.90 Å². The number of ether oxygens (including phenoxy) is 4. The van der Waals surface area contributed by atoms with Crippen LogP contribution >= 0.6 is 0 Å². The zero-order chi connectivity index (χ0) is 21.5. The predicted octanol–water partition coefficient (Wildman–Crippen LogP) is 3.79. The van der Waals surface area contributed by atoms with Gasteiger partial charge in [-0.15, -0.1) is 0 Å². The van der Waals surface area contributed by atoms with Crippen molar-refractivity contribution in [3.05, 3.63) is 29.8 Å². The molecule has 1 aromatic rings. The number of carbonyl (C=O) groups is 2. The average molecular weight is 395 g/mol. The van der Waals surface area contributed by atoms with Gasteiger partial charge >= 0.3 is 12.1 Å². The van der Waals surface area contributed by atoms with Crippen LogP contribution in [-0.2, 0) is 25.4 Å². The number of carbonyl (C=O) groups excluding carboxylic acids is 2. The van der Waals surface area contributed by atoms with Gasteiger partial charge in [-0.1, -0.05) is 12.1 Å². The Labute approximate surface area is 167 Å². The van der Waals surface area contributed by atoms with Gasteiger partial charge in [-0.05, 0) is 59.2 Å². The summed E-state index contributed by atoms with van der Waals surface area (Å²) in [4.78, 5) is 26.9. The van der Waals surface area contributed by atoms with Crippen molar-refractivity contribution in [3.8, 4) is 5.75 Å². The van der Waals surface area contributed by atoms with E-state index in [0.717, 1.165) is 5.56 Å². The molecule has 0 heterocycles. The number of hydrogen-bond acceptors (Lipinski definition) is 6. The topological polar surface area (TPSA) is 74.3 Å². The molecule has 0 radical (unpaired) electrons. The van der Waals surface area contributed by atoms with Crippen LogP contribution in [0.3, 0.4) is 0 Å². The summed E-state index contributed by atoms with van der Waals surface area (Å²) < 4.78 is 21.4. The lowest BCUT2D eigenvalue weighted by atomic mass is 10.0. The Bertz CT molecular complexity index is 642. The number of methoxy groups -OCH3 is 2. The summed E-state index contributed by atoms with van der Waals surface area (Å²) in [6.07, 6.45) is -0.389. The molecular weight excluding hydrogens is 362 g/mol. The Hall–Kier alpha value is -2.28. The molecule has 0 N–H and O–H groups in total. The Balaban J connectivity index is 3.19. The van der Waals surface area contributed by atoms with E-state index < -0.39 is 29.3 Å². The standard InChI is InChI=1S/C21H33NO6/c1-20(2,3)27-18(23)17(13-15-9-11-16(26-8)12-10-15)22(14-25-7)19(24)28-21(4,5)6/h9-12,17H,13-14H2,1-8H3/t17-/m0/s1. The number of hydrogen-bond donors (Lipinski definition) is 0. The molecule has 28 heavy (non-hydrogen) atoms. The van der Waals surface area contributed by atoms with Crippen molar-refractivity contribution in [3.63, 3.8) is 0 Å². The fourth-order valence-electron chi connectivity index (χ4n) is 2.41. The van der Waals surface area contributed by atoms with Crippen molar-refractivity contribution < 1.29 is 28.5 Å².